The Morgan fingerprint density at radius 3 is 2.67 bits per heavy atom. The van der Waals surface area contributed by atoms with E-state index in [-0.39, 0.29) is 30.8 Å². The topological polar surface area (TPSA) is 64.3 Å². The second kappa shape index (κ2) is 8.08. The quantitative estimate of drug-likeness (QED) is 0.862. The van der Waals surface area contributed by atoms with Crippen molar-refractivity contribution < 1.29 is 9.53 Å². The Labute approximate surface area is 114 Å². The van der Waals surface area contributed by atoms with Crippen molar-refractivity contribution in [3.05, 3.63) is 29.3 Å². The van der Waals surface area contributed by atoms with E-state index in [1.807, 2.05) is 32.0 Å². The highest BCUT2D eigenvalue weighted by atomic mass is 35.5. The van der Waals surface area contributed by atoms with Crippen molar-refractivity contribution >= 4 is 24.0 Å². The second-order valence-electron chi connectivity index (χ2n) is 4.16. The van der Waals surface area contributed by atoms with Crippen LogP contribution in [0.2, 0.25) is 0 Å². The van der Waals surface area contributed by atoms with Gasteiger partial charge in [-0.25, -0.2) is 0 Å². The molecule has 5 heteroatoms. The molecular formula is C13H21ClN2O2. The molecule has 0 aromatic heterocycles. The minimum Gasteiger partial charge on any atom is -0.380 e. The molecule has 0 radical (unpaired) electrons. The van der Waals surface area contributed by atoms with Crippen LogP contribution >= 0.6 is 12.4 Å². The van der Waals surface area contributed by atoms with Crippen LogP contribution in [0.4, 0.5) is 5.69 Å². The molecular weight excluding hydrogens is 252 g/mol. The molecule has 1 aromatic rings. The summed E-state index contributed by atoms with van der Waals surface area (Å²) < 4.78 is 5.08. The molecule has 0 fully saturated rings. The van der Waals surface area contributed by atoms with Gasteiger partial charge in [0.15, 0.2) is 0 Å². The first-order valence-corrected chi connectivity index (χ1v) is 5.66. The van der Waals surface area contributed by atoms with Crippen molar-refractivity contribution in [2.75, 3.05) is 19.0 Å². The summed E-state index contributed by atoms with van der Waals surface area (Å²) in [4.78, 5) is 11.8. The summed E-state index contributed by atoms with van der Waals surface area (Å²) in [6.45, 7) is 4.30. The van der Waals surface area contributed by atoms with Gasteiger partial charge in [0.1, 0.15) is 0 Å². The number of methoxy groups -OCH3 is 1. The Morgan fingerprint density at radius 1 is 1.44 bits per heavy atom. The molecule has 0 heterocycles. The number of nitrogens with two attached hydrogens (primary N) is 1. The zero-order chi connectivity index (χ0) is 12.8. The van der Waals surface area contributed by atoms with Crippen molar-refractivity contribution in [1.82, 2.24) is 0 Å². The molecule has 0 saturated carbocycles. The predicted octanol–water partition coefficient (Wildman–Crippen LogP) is 2.03. The summed E-state index contributed by atoms with van der Waals surface area (Å²) in [5.41, 5.74) is 8.49. The average molecular weight is 273 g/mol. The normalized spacial score (nSPS) is 11.6. The van der Waals surface area contributed by atoms with E-state index in [4.69, 9.17) is 10.5 Å². The molecule has 3 N–H and O–H groups in total. The molecule has 1 unspecified atom stereocenters. The fourth-order valence-corrected chi connectivity index (χ4v) is 1.54. The van der Waals surface area contributed by atoms with Crippen LogP contribution in [0.3, 0.4) is 0 Å². The van der Waals surface area contributed by atoms with Crippen LogP contribution in [0.1, 0.15) is 17.5 Å². The average Bonchev–Trinajstić information content (AvgIpc) is 2.31. The van der Waals surface area contributed by atoms with Gasteiger partial charge in [-0.05, 0) is 31.0 Å². The van der Waals surface area contributed by atoms with E-state index in [2.05, 4.69) is 5.32 Å². The summed E-state index contributed by atoms with van der Waals surface area (Å²) in [5, 5.41) is 2.88. The van der Waals surface area contributed by atoms with E-state index >= 15 is 0 Å². The first-order chi connectivity index (χ1) is 8.06. The third-order valence-electron chi connectivity index (χ3n) is 2.68. The maximum absolute atomic E-state index is 11.8. The van der Waals surface area contributed by atoms with Gasteiger partial charge in [-0.15, -0.1) is 12.4 Å². The van der Waals surface area contributed by atoms with Gasteiger partial charge in [-0.3, -0.25) is 4.79 Å². The molecule has 0 saturated heterocycles. The van der Waals surface area contributed by atoms with Crippen LogP contribution in [0, 0.1) is 13.8 Å². The van der Waals surface area contributed by atoms with Gasteiger partial charge in [-0.2, -0.15) is 0 Å². The minimum atomic E-state index is -0.222. The number of amides is 1. The fourth-order valence-electron chi connectivity index (χ4n) is 1.54. The van der Waals surface area contributed by atoms with Crippen LogP contribution in [0.25, 0.3) is 0 Å². The Hall–Kier alpha value is -1.10. The molecule has 0 aliphatic carbocycles. The molecule has 0 aliphatic rings. The largest absolute Gasteiger partial charge is 0.380 e. The highest BCUT2D eigenvalue weighted by Crippen LogP contribution is 2.16. The van der Waals surface area contributed by atoms with Gasteiger partial charge in [-0.1, -0.05) is 12.1 Å². The Bertz CT molecular complexity index is 393. The monoisotopic (exact) mass is 272 g/mol. The molecule has 1 atom stereocenters. The lowest BCUT2D eigenvalue weighted by Gasteiger charge is -2.14. The highest BCUT2D eigenvalue weighted by molar-refractivity contribution is 5.91. The van der Waals surface area contributed by atoms with E-state index < -0.39 is 0 Å². The van der Waals surface area contributed by atoms with Gasteiger partial charge in [0.05, 0.1) is 12.5 Å². The minimum absolute atomic E-state index is 0. The van der Waals surface area contributed by atoms with Crippen LogP contribution in [0.5, 0.6) is 0 Å². The Morgan fingerprint density at radius 2 is 2.11 bits per heavy atom. The fraction of sp³-hybridized carbons (Fsp3) is 0.462. The number of halogens is 1. The molecule has 0 bridgehead atoms. The van der Waals surface area contributed by atoms with Gasteiger partial charge < -0.3 is 15.8 Å². The highest BCUT2D eigenvalue weighted by Gasteiger charge is 2.12. The predicted molar refractivity (Wildman–Crippen MR) is 76.3 cm³/mol. The Kier molecular flexibility index (Phi) is 7.59. The van der Waals surface area contributed by atoms with Gasteiger partial charge in [0.25, 0.3) is 0 Å². The second-order valence-corrected chi connectivity index (χ2v) is 4.16. The zero-order valence-corrected chi connectivity index (χ0v) is 11.8. The first-order valence-electron chi connectivity index (χ1n) is 5.66. The SMILES string of the molecule is COC(CN)CC(=O)Nc1cc(C)ccc1C.Cl. The lowest BCUT2D eigenvalue weighted by molar-refractivity contribution is -0.118. The molecule has 18 heavy (non-hydrogen) atoms. The van der Waals surface area contributed by atoms with Crippen molar-refractivity contribution in [2.45, 2.75) is 26.4 Å². The standard InChI is InChI=1S/C13H20N2O2.ClH/c1-9-4-5-10(2)12(6-9)15-13(16)7-11(8-14)17-3;/h4-6,11H,7-8,14H2,1-3H3,(H,15,16);1H. The number of carbonyl (C=O) groups is 1. The van der Waals surface area contributed by atoms with E-state index in [0.29, 0.717) is 6.54 Å². The number of nitrogens with one attached hydrogen (secondary N) is 1. The number of hydrogen-bond acceptors (Lipinski definition) is 3. The van der Waals surface area contributed by atoms with Gasteiger partial charge >= 0.3 is 0 Å². The van der Waals surface area contributed by atoms with E-state index in [1.165, 1.54) is 0 Å². The lowest BCUT2D eigenvalue weighted by Crippen LogP contribution is -2.28. The summed E-state index contributed by atoms with van der Waals surface area (Å²) >= 11 is 0. The summed E-state index contributed by atoms with van der Waals surface area (Å²) in [5.74, 6) is -0.0731. The molecule has 4 nitrogen and oxygen atoms in total. The van der Waals surface area contributed by atoms with Crippen molar-refractivity contribution in [1.29, 1.82) is 0 Å². The lowest BCUT2D eigenvalue weighted by atomic mass is 10.1. The van der Waals surface area contributed by atoms with Crippen LogP contribution < -0.4 is 11.1 Å². The van der Waals surface area contributed by atoms with Crippen molar-refractivity contribution in [2.24, 2.45) is 5.73 Å². The third-order valence-corrected chi connectivity index (χ3v) is 2.68. The number of benzene rings is 1. The first kappa shape index (κ1) is 16.9. The molecule has 0 spiro atoms. The number of rotatable bonds is 5. The van der Waals surface area contributed by atoms with Crippen LogP contribution in [-0.2, 0) is 9.53 Å². The molecule has 1 rings (SSSR count). The molecule has 1 amide bonds. The van der Waals surface area contributed by atoms with E-state index in [1.54, 1.807) is 7.11 Å². The smallest absolute Gasteiger partial charge is 0.227 e. The summed E-state index contributed by atoms with van der Waals surface area (Å²) in [6.07, 6.45) is 0.0560. The third kappa shape index (κ3) is 5.04. The molecule has 1 aromatic carbocycles. The van der Waals surface area contributed by atoms with Crippen molar-refractivity contribution in [3.63, 3.8) is 0 Å². The maximum Gasteiger partial charge on any atom is 0.227 e. The summed E-state index contributed by atoms with van der Waals surface area (Å²) in [6, 6.07) is 5.96. The van der Waals surface area contributed by atoms with Crippen LogP contribution in [0.15, 0.2) is 18.2 Å². The number of hydrogen-bond donors (Lipinski definition) is 2. The van der Waals surface area contributed by atoms with Crippen molar-refractivity contribution in [3.8, 4) is 0 Å². The van der Waals surface area contributed by atoms with Gasteiger partial charge in [0, 0.05) is 19.3 Å². The maximum atomic E-state index is 11.8. The number of carbonyl (C=O) groups excluding carboxylic acids is 1. The van der Waals surface area contributed by atoms with Crippen LogP contribution in [-0.4, -0.2) is 25.7 Å². The number of anilines is 1. The number of ether oxygens (including phenoxy) is 1. The van der Waals surface area contributed by atoms with Gasteiger partial charge in [0.2, 0.25) is 5.91 Å². The molecule has 102 valence electrons. The van der Waals surface area contributed by atoms with E-state index in [9.17, 15) is 4.79 Å². The Balaban J connectivity index is 0.00000289. The van der Waals surface area contributed by atoms with E-state index in [0.717, 1.165) is 16.8 Å². The molecule has 0 aliphatic heterocycles. The number of aryl methyl sites for hydroxylation is 2. The summed E-state index contributed by atoms with van der Waals surface area (Å²) in [7, 11) is 1.56. The zero-order valence-electron chi connectivity index (χ0n) is 11.0.